The van der Waals surface area contributed by atoms with Crippen LogP contribution in [0.3, 0.4) is 0 Å². The van der Waals surface area contributed by atoms with Crippen molar-refractivity contribution in [2.45, 2.75) is 6.42 Å². The number of hydrogen-bond acceptors (Lipinski definition) is 2. The first-order chi connectivity index (χ1) is 9.28. The fraction of sp³-hybridized carbons (Fsp3) is 0.333. The lowest BCUT2D eigenvalue weighted by Gasteiger charge is -2.15. The Labute approximate surface area is 112 Å². The van der Waals surface area contributed by atoms with Gasteiger partial charge in [-0.3, -0.25) is 4.90 Å². The van der Waals surface area contributed by atoms with Gasteiger partial charge < -0.3 is 9.72 Å². The number of halogens is 1. The van der Waals surface area contributed by atoms with Crippen molar-refractivity contribution in [3.05, 3.63) is 42.6 Å². The molecule has 2 rings (SSSR count). The minimum atomic E-state index is -0.447. The van der Waals surface area contributed by atoms with Crippen molar-refractivity contribution in [1.82, 2.24) is 9.88 Å². The summed E-state index contributed by atoms with van der Waals surface area (Å²) in [4.78, 5) is 4.94. The van der Waals surface area contributed by atoms with Crippen molar-refractivity contribution in [1.29, 1.82) is 0 Å². The quantitative estimate of drug-likeness (QED) is 0.613. The van der Waals surface area contributed by atoms with Crippen LogP contribution in [0, 0.1) is 0 Å². The first-order valence-electron chi connectivity index (χ1n) is 6.31. The molecule has 2 aromatic rings. The van der Waals surface area contributed by atoms with Crippen molar-refractivity contribution in [3.63, 3.8) is 0 Å². The average Bonchev–Trinajstić information content (AvgIpc) is 2.85. The first kappa shape index (κ1) is 13.6. The molecule has 0 bridgehead atoms. The maximum Gasteiger partial charge on any atom is 0.143 e. The summed E-state index contributed by atoms with van der Waals surface area (Å²) in [7, 11) is 1.66. The van der Waals surface area contributed by atoms with Crippen LogP contribution in [0.25, 0.3) is 10.9 Å². The summed E-state index contributed by atoms with van der Waals surface area (Å²) in [6.45, 7) is 4.43. The molecule has 1 aromatic heterocycles. The number of nitrogens with zero attached hydrogens (tertiary/aromatic N) is 1. The van der Waals surface area contributed by atoms with Crippen LogP contribution in [-0.2, 0) is 6.42 Å². The lowest BCUT2D eigenvalue weighted by molar-refractivity contribution is 0.206. The molecule has 0 aliphatic carbocycles. The number of fused-ring (bicyclic) bond motifs is 1. The molecule has 0 aliphatic rings. The van der Waals surface area contributed by atoms with E-state index in [-0.39, 0.29) is 0 Å². The van der Waals surface area contributed by atoms with Gasteiger partial charge in [0.1, 0.15) is 12.5 Å². The zero-order valence-electron chi connectivity index (χ0n) is 11.2. The van der Waals surface area contributed by atoms with Crippen molar-refractivity contribution in [3.8, 4) is 5.75 Å². The predicted octanol–water partition coefficient (Wildman–Crippen LogP) is 3.13. The number of nitrogens with one attached hydrogen (secondary N) is 1. The molecular formula is C15H19FN2O. The fourth-order valence-electron chi connectivity index (χ4n) is 2.15. The zero-order valence-corrected chi connectivity index (χ0v) is 11.2. The van der Waals surface area contributed by atoms with E-state index in [0.29, 0.717) is 13.1 Å². The summed E-state index contributed by atoms with van der Waals surface area (Å²) in [6, 6.07) is 5.93. The Hall–Kier alpha value is -1.81. The minimum absolute atomic E-state index is 0.447. The monoisotopic (exact) mass is 262 g/mol. The van der Waals surface area contributed by atoms with Crippen LogP contribution < -0.4 is 4.74 Å². The molecule has 102 valence electrons. The Morgan fingerprint density at radius 1 is 1.47 bits per heavy atom. The molecule has 0 saturated carbocycles. The molecule has 1 aromatic carbocycles. The highest BCUT2D eigenvalue weighted by atomic mass is 19.1. The SMILES string of the molecule is C=CCN(CF)CCc1c[nH]c2ccc(OC)cc12. The predicted molar refractivity (Wildman–Crippen MR) is 76.3 cm³/mol. The zero-order chi connectivity index (χ0) is 13.7. The van der Waals surface area contributed by atoms with Crippen molar-refractivity contribution in [2.75, 3.05) is 27.0 Å². The number of methoxy groups -OCH3 is 1. The third-order valence-electron chi connectivity index (χ3n) is 3.23. The number of benzene rings is 1. The van der Waals surface area contributed by atoms with E-state index < -0.39 is 6.80 Å². The van der Waals surface area contributed by atoms with Gasteiger partial charge in [-0.05, 0) is 30.2 Å². The fourth-order valence-corrected chi connectivity index (χ4v) is 2.15. The van der Waals surface area contributed by atoms with Crippen LogP contribution in [0.4, 0.5) is 4.39 Å². The number of hydrogen-bond donors (Lipinski definition) is 1. The molecule has 3 nitrogen and oxygen atoms in total. The van der Waals surface area contributed by atoms with Gasteiger partial charge in [0.2, 0.25) is 0 Å². The average molecular weight is 262 g/mol. The van der Waals surface area contributed by atoms with Gasteiger partial charge in [-0.15, -0.1) is 6.58 Å². The summed E-state index contributed by atoms with van der Waals surface area (Å²) in [5.41, 5.74) is 2.25. The van der Waals surface area contributed by atoms with Gasteiger partial charge in [-0.25, -0.2) is 4.39 Å². The van der Waals surface area contributed by atoms with E-state index in [2.05, 4.69) is 11.6 Å². The summed E-state index contributed by atoms with van der Waals surface area (Å²) >= 11 is 0. The van der Waals surface area contributed by atoms with Crippen molar-refractivity contribution >= 4 is 10.9 Å². The summed E-state index contributed by atoms with van der Waals surface area (Å²) in [6.07, 6.45) is 4.50. The van der Waals surface area contributed by atoms with Crippen molar-refractivity contribution in [2.24, 2.45) is 0 Å². The van der Waals surface area contributed by atoms with Crippen LogP contribution in [0.2, 0.25) is 0 Å². The molecule has 0 unspecified atom stereocenters. The maximum atomic E-state index is 12.8. The van der Waals surface area contributed by atoms with Crippen molar-refractivity contribution < 1.29 is 9.13 Å². The third kappa shape index (κ3) is 3.15. The van der Waals surface area contributed by atoms with E-state index in [4.69, 9.17) is 4.74 Å². The molecular weight excluding hydrogens is 243 g/mol. The van der Waals surface area contributed by atoms with E-state index in [0.717, 1.165) is 23.1 Å². The molecule has 4 heteroatoms. The van der Waals surface area contributed by atoms with Gasteiger partial charge >= 0.3 is 0 Å². The molecule has 0 fully saturated rings. The smallest absolute Gasteiger partial charge is 0.143 e. The highest BCUT2D eigenvalue weighted by molar-refractivity contribution is 5.84. The molecule has 0 aliphatic heterocycles. The van der Waals surface area contributed by atoms with E-state index in [1.807, 2.05) is 24.4 Å². The highest BCUT2D eigenvalue weighted by Gasteiger charge is 2.07. The first-order valence-corrected chi connectivity index (χ1v) is 6.31. The van der Waals surface area contributed by atoms with Crippen LogP contribution in [0.5, 0.6) is 5.75 Å². The Kier molecular flexibility index (Phi) is 4.58. The van der Waals surface area contributed by atoms with Gasteiger partial charge in [0, 0.05) is 30.2 Å². The Bertz CT molecular complexity index is 550. The van der Waals surface area contributed by atoms with Gasteiger partial charge in [0.25, 0.3) is 0 Å². The Balaban J connectivity index is 2.13. The van der Waals surface area contributed by atoms with Gasteiger partial charge in [0.15, 0.2) is 0 Å². The summed E-state index contributed by atoms with van der Waals surface area (Å²) in [5.74, 6) is 0.835. The number of aromatic amines is 1. The topological polar surface area (TPSA) is 28.3 Å². The van der Waals surface area contributed by atoms with E-state index in [1.165, 1.54) is 5.56 Å². The molecule has 1 N–H and O–H groups in total. The van der Waals surface area contributed by atoms with Gasteiger partial charge in [-0.2, -0.15) is 0 Å². The summed E-state index contributed by atoms with van der Waals surface area (Å²) < 4.78 is 18.0. The number of alkyl halides is 1. The standard InChI is InChI=1S/C15H19FN2O/c1-3-7-18(11-16)8-6-12-10-17-15-5-4-13(19-2)9-14(12)15/h3-5,9-10,17H,1,6-8,11H2,2H3. The Morgan fingerprint density at radius 2 is 2.32 bits per heavy atom. The second-order valence-corrected chi connectivity index (χ2v) is 4.46. The number of H-pyrrole nitrogens is 1. The van der Waals surface area contributed by atoms with Crippen LogP contribution in [-0.4, -0.2) is 36.9 Å². The molecule has 1 heterocycles. The van der Waals surface area contributed by atoms with Crippen LogP contribution in [0.1, 0.15) is 5.56 Å². The lowest BCUT2D eigenvalue weighted by Crippen LogP contribution is -2.25. The van der Waals surface area contributed by atoms with Gasteiger partial charge in [0.05, 0.1) is 7.11 Å². The molecule has 0 atom stereocenters. The van der Waals surface area contributed by atoms with Crippen LogP contribution in [0.15, 0.2) is 37.1 Å². The second-order valence-electron chi connectivity index (χ2n) is 4.46. The van der Waals surface area contributed by atoms with E-state index in [9.17, 15) is 4.39 Å². The maximum absolute atomic E-state index is 12.8. The number of rotatable bonds is 7. The van der Waals surface area contributed by atoms with Gasteiger partial charge in [-0.1, -0.05) is 6.08 Å². The minimum Gasteiger partial charge on any atom is -0.497 e. The van der Waals surface area contributed by atoms with Crippen LogP contribution >= 0.6 is 0 Å². The molecule has 0 spiro atoms. The lowest BCUT2D eigenvalue weighted by atomic mass is 10.1. The normalized spacial score (nSPS) is 11.1. The largest absolute Gasteiger partial charge is 0.497 e. The third-order valence-corrected chi connectivity index (χ3v) is 3.23. The summed E-state index contributed by atoms with van der Waals surface area (Å²) in [5, 5.41) is 1.14. The highest BCUT2D eigenvalue weighted by Crippen LogP contribution is 2.24. The molecule has 19 heavy (non-hydrogen) atoms. The molecule has 0 radical (unpaired) electrons. The Morgan fingerprint density at radius 3 is 3.00 bits per heavy atom. The van der Waals surface area contributed by atoms with E-state index >= 15 is 0 Å². The number of aromatic nitrogens is 1. The molecule has 0 saturated heterocycles. The number of ether oxygens (including phenoxy) is 1. The second kappa shape index (κ2) is 6.38. The van der Waals surface area contributed by atoms with E-state index in [1.54, 1.807) is 18.1 Å². The molecule has 0 amide bonds.